The first-order valence-corrected chi connectivity index (χ1v) is 10.0. The Labute approximate surface area is 190 Å². The maximum absolute atomic E-state index is 13.0. The number of phenolic OH excluding ortho intramolecular Hbond substituents is 3. The lowest BCUT2D eigenvalue weighted by Crippen LogP contribution is -2.55. The Balaban J connectivity index is 1.94. The van der Waals surface area contributed by atoms with E-state index in [2.05, 4.69) is 0 Å². The molecule has 0 unspecified atom stereocenters. The van der Waals surface area contributed by atoms with Crippen molar-refractivity contribution in [1.29, 1.82) is 0 Å². The number of phenols is 3. The first-order valence-electron chi connectivity index (χ1n) is 10.0. The van der Waals surface area contributed by atoms with Crippen molar-refractivity contribution in [2.24, 2.45) is 0 Å². The Morgan fingerprint density at radius 1 is 0.941 bits per heavy atom. The molecule has 1 aliphatic heterocycles. The van der Waals surface area contributed by atoms with E-state index >= 15 is 0 Å². The van der Waals surface area contributed by atoms with Crippen molar-refractivity contribution in [2.75, 3.05) is 13.7 Å². The molecule has 3 aromatic rings. The molecule has 4 rings (SSSR count). The summed E-state index contributed by atoms with van der Waals surface area (Å²) in [6.07, 6.45) is -8.02. The van der Waals surface area contributed by atoms with Gasteiger partial charge in [0.05, 0.1) is 19.3 Å². The smallest absolute Gasteiger partial charge is 0.238 e. The largest absolute Gasteiger partial charge is 0.506 e. The highest BCUT2D eigenvalue weighted by atomic mass is 16.5. The van der Waals surface area contributed by atoms with Crippen LogP contribution in [0.3, 0.4) is 0 Å². The molecule has 12 heteroatoms. The molecule has 2 heterocycles. The van der Waals surface area contributed by atoms with Crippen LogP contribution in [0.1, 0.15) is 11.7 Å². The van der Waals surface area contributed by atoms with Crippen LogP contribution in [0.15, 0.2) is 33.5 Å². The second-order valence-corrected chi connectivity index (χ2v) is 7.78. The molecule has 0 amide bonds. The van der Waals surface area contributed by atoms with E-state index in [1.807, 2.05) is 0 Å². The second-order valence-electron chi connectivity index (χ2n) is 7.78. The van der Waals surface area contributed by atoms with Crippen LogP contribution in [-0.2, 0) is 4.74 Å². The Morgan fingerprint density at radius 3 is 2.26 bits per heavy atom. The van der Waals surface area contributed by atoms with Crippen LogP contribution < -0.4 is 10.2 Å². The summed E-state index contributed by atoms with van der Waals surface area (Å²) in [5.41, 5.74) is -1.56. The van der Waals surface area contributed by atoms with E-state index in [1.54, 1.807) is 0 Å². The number of aliphatic hydroxyl groups excluding tert-OH is 4. The van der Waals surface area contributed by atoms with Crippen molar-refractivity contribution in [3.05, 3.63) is 40.1 Å². The Hall–Kier alpha value is -3.55. The summed E-state index contributed by atoms with van der Waals surface area (Å²) in [6, 6.07) is 4.63. The summed E-state index contributed by atoms with van der Waals surface area (Å²) in [5, 5.41) is 80.3. The van der Waals surface area contributed by atoms with Crippen molar-refractivity contribution in [3.8, 4) is 40.1 Å². The van der Waals surface area contributed by atoms with Crippen molar-refractivity contribution in [1.82, 2.24) is 0 Å². The van der Waals surface area contributed by atoms with E-state index in [9.17, 15) is 45.6 Å². The summed E-state index contributed by atoms with van der Waals surface area (Å²) < 4.78 is 16.4. The first kappa shape index (κ1) is 23.6. The average molecular weight is 478 g/mol. The van der Waals surface area contributed by atoms with Crippen LogP contribution >= 0.6 is 0 Å². The van der Waals surface area contributed by atoms with Crippen molar-refractivity contribution < 1.29 is 54.7 Å². The van der Waals surface area contributed by atoms with Gasteiger partial charge in [0.15, 0.2) is 17.3 Å². The van der Waals surface area contributed by atoms with Crippen LogP contribution in [0.25, 0.3) is 22.3 Å². The third kappa shape index (κ3) is 3.57. The summed E-state index contributed by atoms with van der Waals surface area (Å²) in [4.78, 5) is 13.0. The highest BCUT2D eigenvalue weighted by molar-refractivity contribution is 5.90. The van der Waals surface area contributed by atoms with Gasteiger partial charge in [0.25, 0.3) is 0 Å². The number of aromatic hydroxyl groups is 4. The van der Waals surface area contributed by atoms with Crippen molar-refractivity contribution in [2.45, 2.75) is 30.5 Å². The van der Waals surface area contributed by atoms with Crippen LogP contribution in [0, 0.1) is 0 Å². The van der Waals surface area contributed by atoms with Gasteiger partial charge in [-0.3, -0.25) is 4.79 Å². The normalized spacial score (nSPS) is 24.9. The topological polar surface area (TPSA) is 211 Å². The van der Waals surface area contributed by atoms with Crippen LogP contribution in [-0.4, -0.2) is 79.0 Å². The average Bonchev–Trinajstić information content (AvgIpc) is 2.82. The molecule has 182 valence electrons. The van der Waals surface area contributed by atoms with Gasteiger partial charge in [-0.1, -0.05) is 0 Å². The minimum atomic E-state index is -1.78. The fourth-order valence-electron chi connectivity index (χ4n) is 3.96. The van der Waals surface area contributed by atoms with Crippen molar-refractivity contribution >= 4 is 11.0 Å². The fourth-order valence-corrected chi connectivity index (χ4v) is 3.96. The van der Waals surface area contributed by atoms with Gasteiger partial charge in [0.2, 0.25) is 11.2 Å². The number of hydrogen-bond donors (Lipinski definition) is 8. The molecule has 0 radical (unpaired) electrons. The summed E-state index contributed by atoms with van der Waals surface area (Å²) >= 11 is 0. The number of fused-ring (bicyclic) bond motifs is 1. The van der Waals surface area contributed by atoms with Crippen LogP contribution in [0.2, 0.25) is 0 Å². The Bertz CT molecular complexity index is 1300. The lowest BCUT2D eigenvalue weighted by Gasteiger charge is -2.40. The van der Waals surface area contributed by atoms with Gasteiger partial charge in [0.1, 0.15) is 53.0 Å². The fraction of sp³-hybridized carbons (Fsp3) is 0.318. The second kappa shape index (κ2) is 8.66. The molecule has 2 aromatic carbocycles. The first-order chi connectivity index (χ1) is 16.1. The molecule has 0 saturated carbocycles. The minimum absolute atomic E-state index is 0.0447. The van der Waals surface area contributed by atoms with Crippen LogP contribution in [0.4, 0.5) is 0 Å². The van der Waals surface area contributed by atoms with E-state index in [-0.39, 0.29) is 28.2 Å². The molecule has 1 saturated heterocycles. The zero-order valence-corrected chi connectivity index (χ0v) is 17.6. The van der Waals surface area contributed by atoms with Gasteiger partial charge < -0.3 is 54.7 Å². The molecule has 1 fully saturated rings. The summed E-state index contributed by atoms with van der Waals surface area (Å²) in [5.74, 6) is -3.17. The number of aliphatic hydroxyl groups is 4. The van der Waals surface area contributed by atoms with Gasteiger partial charge in [-0.2, -0.15) is 0 Å². The number of benzene rings is 2. The maximum Gasteiger partial charge on any atom is 0.238 e. The van der Waals surface area contributed by atoms with Gasteiger partial charge in [0, 0.05) is 11.6 Å². The molecule has 5 atom stereocenters. The van der Waals surface area contributed by atoms with E-state index in [1.165, 1.54) is 19.2 Å². The lowest BCUT2D eigenvalue weighted by molar-refractivity contribution is -0.232. The van der Waals surface area contributed by atoms with Gasteiger partial charge >= 0.3 is 0 Å². The zero-order valence-electron chi connectivity index (χ0n) is 17.6. The number of rotatable bonds is 4. The number of hydrogen-bond acceptors (Lipinski definition) is 12. The quantitative estimate of drug-likeness (QED) is 0.229. The molecular formula is C22H22O12. The zero-order chi connectivity index (χ0) is 24.9. The minimum Gasteiger partial charge on any atom is -0.506 e. The molecule has 1 aromatic heterocycles. The van der Waals surface area contributed by atoms with E-state index in [0.717, 1.165) is 12.1 Å². The molecule has 0 aliphatic carbocycles. The van der Waals surface area contributed by atoms with E-state index < -0.39 is 70.9 Å². The maximum atomic E-state index is 13.0. The monoisotopic (exact) mass is 478 g/mol. The molecule has 34 heavy (non-hydrogen) atoms. The van der Waals surface area contributed by atoms with E-state index in [0.29, 0.717) is 0 Å². The van der Waals surface area contributed by atoms with Crippen LogP contribution in [0.5, 0.6) is 28.7 Å². The molecule has 1 aliphatic rings. The molecular weight excluding hydrogens is 456 g/mol. The predicted octanol–water partition coefficient (Wildman–Crippen LogP) is -0.194. The molecule has 12 nitrogen and oxygen atoms in total. The molecule has 0 spiro atoms. The third-order valence-electron chi connectivity index (χ3n) is 5.77. The SMILES string of the molecule is COc1cc2oc(-c3ccc(O)c(O)c3)c(O)c(=O)c2c(O)c1[C@@H]1O[C@@H](CO)[C@@H](O)[C@H](O)[C@H]1O. The highest BCUT2D eigenvalue weighted by Gasteiger charge is 2.46. The molecule has 8 N–H and O–H groups in total. The lowest BCUT2D eigenvalue weighted by atomic mass is 9.89. The van der Waals surface area contributed by atoms with Crippen molar-refractivity contribution in [3.63, 3.8) is 0 Å². The Morgan fingerprint density at radius 2 is 1.65 bits per heavy atom. The molecule has 0 bridgehead atoms. The Kier molecular flexibility index (Phi) is 6.02. The number of ether oxygens (including phenoxy) is 2. The number of methoxy groups -OCH3 is 1. The summed E-state index contributed by atoms with van der Waals surface area (Å²) in [6.45, 7) is -0.718. The predicted molar refractivity (Wildman–Crippen MR) is 114 cm³/mol. The van der Waals surface area contributed by atoms with Gasteiger partial charge in [-0.25, -0.2) is 0 Å². The standard InChI is InChI=1S/C22H22O12/c1-32-10-5-11-13(16(27)14(10)22-20(31)18(29)15(26)12(6-23)34-22)17(28)19(30)21(33-11)7-2-3-8(24)9(25)4-7/h2-5,12,15,18,20,22-27,29-31H,6H2,1H3/t12-,15+,18-,20+,22-/m0/s1. The highest BCUT2D eigenvalue weighted by Crippen LogP contribution is 2.46. The van der Waals surface area contributed by atoms with Gasteiger partial charge in [-0.15, -0.1) is 0 Å². The van der Waals surface area contributed by atoms with Gasteiger partial charge in [-0.05, 0) is 18.2 Å². The van der Waals surface area contributed by atoms with E-state index in [4.69, 9.17) is 13.9 Å². The summed E-state index contributed by atoms with van der Waals surface area (Å²) in [7, 11) is 1.21. The third-order valence-corrected chi connectivity index (χ3v) is 5.77.